The predicted octanol–water partition coefficient (Wildman–Crippen LogP) is 3.11. The average molecular weight is 213 g/mol. The highest BCUT2D eigenvalue weighted by Crippen LogP contribution is 2.10. The Morgan fingerprint density at radius 3 is 2.87 bits per heavy atom. The number of hydrogen-bond donors (Lipinski definition) is 1. The van der Waals surface area contributed by atoms with Crippen LogP contribution >= 0.6 is 0 Å². The summed E-state index contributed by atoms with van der Waals surface area (Å²) in [5.74, 6) is 0. The topological polar surface area (TPSA) is 21.3 Å². The second-order valence-electron chi connectivity index (χ2n) is 4.79. The number of hydrogen-bond acceptors (Lipinski definition) is 2. The lowest BCUT2D eigenvalue weighted by atomic mass is 10.1. The van der Waals surface area contributed by atoms with Crippen molar-refractivity contribution in [3.05, 3.63) is 0 Å². The molecule has 2 nitrogen and oxygen atoms in total. The van der Waals surface area contributed by atoms with Crippen LogP contribution in [0.5, 0.6) is 0 Å². The summed E-state index contributed by atoms with van der Waals surface area (Å²) in [6.45, 7) is 6.56. The van der Waals surface area contributed by atoms with E-state index in [0.717, 1.165) is 6.61 Å². The summed E-state index contributed by atoms with van der Waals surface area (Å²) < 4.78 is 5.84. The maximum absolute atomic E-state index is 5.84. The Morgan fingerprint density at radius 1 is 1.33 bits per heavy atom. The van der Waals surface area contributed by atoms with Crippen molar-refractivity contribution < 1.29 is 4.74 Å². The van der Waals surface area contributed by atoms with Crippen LogP contribution in [0.1, 0.15) is 58.8 Å². The summed E-state index contributed by atoms with van der Waals surface area (Å²) >= 11 is 0. The minimum atomic E-state index is 0.448. The third-order valence-corrected chi connectivity index (χ3v) is 3.21. The van der Waals surface area contributed by atoms with E-state index in [1.54, 1.807) is 0 Å². The molecule has 0 bridgehead atoms. The Balaban J connectivity index is 1.90. The fraction of sp³-hybridized carbons (Fsp3) is 1.00. The monoisotopic (exact) mass is 213 g/mol. The molecule has 1 rings (SSSR count). The van der Waals surface area contributed by atoms with Gasteiger partial charge in [-0.1, -0.05) is 32.6 Å². The van der Waals surface area contributed by atoms with Gasteiger partial charge in [-0.25, -0.2) is 0 Å². The van der Waals surface area contributed by atoms with Crippen LogP contribution < -0.4 is 5.32 Å². The Bertz CT molecular complexity index is 143. The van der Waals surface area contributed by atoms with Gasteiger partial charge in [0.15, 0.2) is 0 Å². The number of rotatable bonds is 8. The van der Waals surface area contributed by atoms with E-state index in [2.05, 4.69) is 19.2 Å². The largest absolute Gasteiger partial charge is 0.377 e. The summed E-state index contributed by atoms with van der Waals surface area (Å²) in [5, 5.41) is 3.46. The van der Waals surface area contributed by atoms with Crippen LogP contribution in [0.15, 0.2) is 0 Å². The van der Waals surface area contributed by atoms with Crippen molar-refractivity contribution in [2.24, 2.45) is 0 Å². The fourth-order valence-corrected chi connectivity index (χ4v) is 2.12. The molecule has 0 amide bonds. The van der Waals surface area contributed by atoms with E-state index in [1.165, 1.54) is 51.5 Å². The minimum absolute atomic E-state index is 0.448. The van der Waals surface area contributed by atoms with Gasteiger partial charge in [0, 0.05) is 6.04 Å². The summed E-state index contributed by atoms with van der Waals surface area (Å²) in [6, 6.07) is 0.628. The van der Waals surface area contributed by atoms with Crippen LogP contribution in [0.2, 0.25) is 0 Å². The molecule has 1 N–H and O–H groups in total. The Labute approximate surface area is 94.8 Å². The van der Waals surface area contributed by atoms with Crippen LogP contribution in [-0.4, -0.2) is 25.3 Å². The minimum Gasteiger partial charge on any atom is -0.377 e. The molecule has 1 aliphatic heterocycles. The van der Waals surface area contributed by atoms with Gasteiger partial charge in [-0.2, -0.15) is 0 Å². The molecule has 0 aromatic carbocycles. The van der Waals surface area contributed by atoms with Crippen molar-refractivity contribution in [1.82, 2.24) is 5.32 Å². The lowest BCUT2D eigenvalue weighted by Gasteiger charge is -2.16. The number of ether oxygens (including phenoxy) is 1. The SMILES string of the molecule is CCCCCCC(C)OC[C@H]1CCCN1. The first kappa shape index (κ1) is 13.0. The molecular formula is C13H27NO. The zero-order chi connectivity index (χ0) is 10.9. The first-order valence-electron chi connectivity index (χ1n) is 6.68. The third kappa shape index (κ3) is 6.16. The van der Waals surface area contributed by atoms with E-state index < -0.39 is 0 Å². The van der Waals surface area contributed by atoms with Gasteiger partial charge < -0.3 is 10.1 Å². The first-order chi connectivity index (χ1) is 7.33. The van der Waals surface area contributed by atoms with Gasteiger partial charge in [0.25, 0.3) is 0 Å². The lowest BCUT2D eigenvalue weighted by Crippen LogP contribution is -2.28. The second-order valence-corrected chi connectivity index (χ2v) is 4.79. The van der Waals surface area contributed by atoms with Gasteiger partial charge in [0.2, 0.25) is 0 Å². The van der Waals surface area contributed by atoms with E-state index in [4.69, 9.17) is 4.74 Å². The molecule has 0 radical (unpaired) electrons. The van der Waals surface area contributed by atoms with Crippen LogP contribution in [0.25, 0.3) is 0 Å². The van der Waals surface area contributed by atoms with Gasteiger partial charge in [0.05, 0.1) is 12.7 Å². The molecule has 0 aromatic rings. The quantitative estimate of drug-likeness (QED) is 0.626. The molecular weight excluding hydrogens is 186 g/mol. The highest BCUT2D eigenvalue weighted by Gasteiger charge is 2.14. The van der Waals surface area contributed by atoms with Gasteiger partial charge >= 0.3 is 0 Å². The lowest BCUT2D eigenvalue weighted by molar-refractivity contribution is 0.0462. The molecule has 1 fully saturated rings. The molecule has 2 atom stereocenters. The van der Waals surface area contributed by atoms with Crippen molar-refractivity contribution in [3.63, 3.8) is 0 Å². The van der Waals surface area contributed by atoms with Crippen LogP contribution in [0.4, 0.5) is 0 Å². The summed E-state index contributed by atoms with van der Waals surface area (Å²) in [5.41, 5.74) is 0. The van der Waals surface area contributed by atoms with E-state index >= 15 is 0 Å². The molecule has 0 aliphatic carbocycles. The van der Waals surface area contributed by atoms with Crippen LogP contribution in [-0.2, 0) is 4.74 Å². The number of nitrogens with one attached hydrogen (secondary N) is 1. The van der Waals surface area contributed by atoms with E-state index in [-0.39, 0.29) is 0 Å². The molecule has 0 saturated carbocycles. The Hall–Kier alpha value is -0.0800. The van der Waals surface area contributed by atoms with Gasteiger partial charge in [-0.3, -0.25) is 0 Å². The highest BCUT2D eigenvalue weighted by molar-refractivity contribution is 4.73. The molecule has 15 heavy (non-hydrogen) atoms. The molecule has 1 aliphatic rings. The normalized spacial score (nSPS) is 23.2. The Kier molecular flexibility index (Phi) is 7.03. The van der Waals surface area contributed by atoms with E-state index in [1.807, 2.05) is 0 Å². The molecule has 2 heteroatoms. The van der Waals surface area contributed by atoms with Gasteiger partial charge in [-0.15, -0.1) is 0 Å². The molecule has 90 valence electrons. The van der Waals surface area contributed by atoms with Gasteiger partial charge in [-0.05, 0) is 32.7 Å². The van der Waals surface area contributed by atoms with Crippen molar-refractivity contribution in [1.29, 1.82) is 0 Å². The zero-order valence-corrected chi connectivity index (χ0v) is 10.4. The molecule has 1 heterocycles. The highest BCUT2D eigenvalue weighted by atomic mass is 16.5. The molecule has 0 spiro atoms. The Morgan fingerprint density at radius 2 is 2.20 bits per heavy atom. The maximum Gasteiger partial charge on any atom is 0.0623 e. The molecule has 1 saturated heterocycles. The average Bonchev–Trinajstić information content (AvgIpc) is 2.74. The molecule has 1 unspecified atom stereocenters. The summed E-state index contributed by atoms with van der Waals surface area (Å²) in [4.78, 5) is 0. The van der Waals surface area contributed by atoms with Crippen LogP contribution in [0.3, 0.4) is 0 Å². The van der Waals surface area contributed by atoms with Crippen molar-refractivity contribution in [2.45, 2.75) is 70.9 Å². The summed E-state index contributed by atoms with van der Waals surface area (Å²) in [7, 11) is 0. The van der Waals surface area contributed by atoms with Crippen molar-refractivity contribution in [3.8, 4) is 0 Å². The molecule has 0 aromatic heterocycles. The predicted molar refractivity (Wildman–Crippen MR) is 65.2 cm³/mol. The van der Waals surface area contributed by atoms with E-state index in [9.17, 15) is 0 Å². The van der Waals surface area contributed by atoms with Crippen LogP contribution in [0, 0.1) is 0 Å². The fourth-order valence-electron chi connectivity index (χ4n) is 2.12. The van der Waals surface area contributed by atoms with E-state index in [0.29, 0.717) is 12.1 Å². The maximum atomic E-state index is 5.84. The summed E-state index contributed by atoms with van der Waals surface area (Å²) in [6.07, 6.45) is 9.68. The number of unbranched alkanes of at least 4 members (excludes halogenated alkanes) is 3. The zero-order valence-electron chi connectivity index (χ0n) is 10.4. The van der Waals surface area contributed by atoms with Gasteiger partial charge in [0.1, 0.15) is 0 Å². The standard InChI is InChI=1S/C13H27NO/c1-3-4-5-6-8-12(2)15-11-13-9-7-10-14-13/h12-14H,3-11H2,1-2H3/t12?,13-/m1/s1. The van der Waals surface area contributed by atoms with Crippen molar-refractivity contribution >= 4 is 0 Å². The second kappa shape index (κ2) is 8.12. The van der Waals surface area contributed by atoms with Crippen molar-refractivity contribution in [2.75, 3.05) is 13.2 Å². The smallest absolute Gasteiger partial charge is 0.0623 e. The first-order valence-corrected chi connectivity index (χ1v) is 6.68. The third-order valence-electron chi connectivity index (χ3n) is 3.21.